The van der Waals surface area contributed by atoms with Crippen molar-refractivity contribution < 1.29 is 18.0 Å². The Morgan fingerprint density at radius 2 is 2.19 bits per heavy atom. The Morgan fingerprint density at radius 1 is 1.33 bits per heavy atom. The molecule has 2 aliphatic heterocycles. The molecule has 27 heavy (non-hydrogen) atoms. The van der Waals surface area contributed by atoms with E-state index < -0.39 is 11.6 Å². The zero-order valence-corrected chi connectivity index (χ0v) is 15.4. The summed E-state index contributed by atoms with van der Waals surface area (Å²) in [5.41, 5.74) is 1.18. The van der Waals surface area contributed by atoms with Crippen molar-refractivity contribution in [2.75, 3.05) is 19.6 Å². The van der Waals surface area contributed by atoms with Crippen molar-refractivity contribution in [1.82, 2.24) is 14.8 Å². The molecule has 1 aromatic carbocycles. The Balaban J connectivity index is 1.45. The molecule has 0 spiro atoms. The van der Waals surface area contributed by atoms with Crippen molar-refractivity contribution in [3.05, 3.63) is 52.7 Å². The van der Waals surface area contributed by atoms with Gasteiger partial charge in [-0.05, 0) is 24.8 Å². The summed E-state index contributed by atoms with van der Waals surface area (Å²) in [5, 5.41) is 0. The van der Waals surface area contributed by atoms with Crippen LogP contribution in [0.15, 0.2) is 22.6 Å². The van der Waals surface area contributed by atoms with E-state index in [2.05, 4.69) is 11.9 Å². The Kier molecular flexibility index (Phi) is 4.95. The first kappa shape index (κ1) is 18.1. The van der Waals surface area contributed by atoms with Gasteiger partial charge in [0.15, 0.2) is 0 Å². The second-order valence-corrected chi connectivity index (χ2v) is 7.58. The minimum atomic E-state index is -0.580. The molecule has 1 amide bonds. The molecule has 2 aromatic rings. The lowest BCUT2D eigenvalue weighted by atomic mass is 10.0. The largest absolute Gasteiger partial charge is 0.437 e. The SMILES string of the molecule is CC1CCCN(C(=O)c2nc3c(o2)CCN(Cc2ccc(F)cc2F)C3)C1. The van der Waals surface area contributed by atoms with Gasteiger partial charge < -0.3 is 9.32 Å². The zero-order chi connectivity index (χ0) is 19.0. The van der Waals surface area contributed by atoms with Crippen LogP contribution in [0.25, 0.3) is 0 Å². The van der Waals surface area contributed by atoms with Crippen LogP contribution in [0.2, 0.25) is 0 Å². The van der Waals surface area contributed by atoms with Crippen LogP contribution >= 0.6 is 0 Å². The minimum absolute atomic E-state index is 0.146. The summed E-state index contributed by atoms with van der Waals surface area (Å²) in [7, 11) is 0. The van der Waals surface area contributed by atoms with Crippen LogP contribution in [0.1, 0.15) is 47.5 Å². The summed E-state index contributed by atoms with van der Waals surface area (Å²) in [5.74, 6) is 0.114. The monoisotopic (exact) mass is 375 g/mol. The molecule has 0 N–H and O–H groups in total. The third kappa shape index (κ3) is 3.88. The number of carbonyl (C=O) groups excluding carboxylic acids is 1. The molecule has 1 unspecified atom stereocenters. The summed E-state index contributed by atoms with van der Waals surface area (Å²) in [6.45, 7) is 5.15. The molecular formula is C20H23F2N3O2. The van der Waals surface area contributed by atoms with Gasteiger partial charge in [0.1, 0.15) is 17.4 Å². The number of aromatic nitrogens is 1. The Bertz CT molecular complexity index is 852. The molecule has 1 atom stereocenters. The van der Waals surface area contributed by atoms with Crippen LogP contribution in [0.5, 0.6) is 0 Å². The number of fused-ring (bicyclic) bond motifs is 1. The number of halogens is 2. The lowest BCUT2D eigenvalue weighted by Gasteiger charge is -2.29. The van der Waals surface area contributed by atoms with Crippen molar-refractivity contribution >= 4 is 5.91 Å². The van der Waals surface area contributed by atoms with E-state index in [0.717, 1.165) is 43.5 Å². The van der Waals surface area contributed by atoms with Gasteiger partial charge in [0, 0.05) is 50.8 Å². The van der Waals surface area contributed by atoms with E-state index in [-0.39, 0.29) is 11.8 Å². The fourth-order valence-corrected chi connectivity index (χ4v) is 3.88. The third-order valence-corrected chi connectivity index (χ3v) is 5.34. The highest BCUT2D eigenvalue weighted by atomic mass is 19.1. The highest BCUT2D eigenvalue weighted by Gasteiger charge is 2.29. The van der Waals surface area contributed by atoms with E-state index in [0.29, 0.717) is 37.5 Å². The van der Waals surface area contributed by atoms with E-state index in [1.807, 2.05) is 9.80 Å². The molecule has 1 saturated heterocycles. The number of likely N-dealkylation sites (tertiary alicyclic amines) is 1. The highest BCUT2D eigenvalue weighted by Crippen LogP contribution is 2.24. The van der Waals surface area contributed by atoms with Crippen molar-refractivity contribution in [3.63, 3.8) is 0 Å². The van der Waals surface area contributed by atoms with E-state index >= 15 is 0 Å². The van der Waals surface area contributed by atoms with Crippen LogP contribution in [0.3, 0.4) is 0 Å². The normalized spacial score (nSPS) is 20.6. The maximum absolute atomic E-state index is 13.9. The Morgan fingerprint density at radius 3 is 2.96 bits per heavy atom. The van der Waals surface area contributed by atoms with E-state index in [1.165, 1.54) is 12.1 Å². The molecule has 144 valence electrons. The molecule has 1 fully saturated rings. The first-order chi connectivity index (χ1) is 13.0. The standard InChI is InChI=1S/C20H23F2N3O2/c1-13-3-2-7-25(10-13)20(26)19-23-17-12-24(8-6-18(17)27-19)11-14-4-5-15(21)9-16(14)22/h4-5,9,13H,2-3,6-8,10-12H2,1H3. The average molecular weight is 375 g/mol. The maximum Gasteiger partial charge on any atom is 0.309 e. The fraction of sp³-hybridized carbons (Fsp3) is 0.500. The smallest absolute Gasteiger partial charge is 0.309 e. The first-order valence-corrected chi connectivity index (χ1v) is 9.43. The van der Waals surface area contributed by atoms with Crippen molar-refractivity contribution in [2.24, 2.45) is 5.92 Å². The summed E-state index contributed by atoms with van der Waals surface area (Å²) < 4.78 is 32.7. The Labute approximate surface area is 157 Å². The second kappa shape index (κ2) is 7.38. The molecule has 0 bridgehead atoms. The number of hydrogen-bond donors (Lipinski definition) is 0. The number of nitrogens with zero attached hydrogens (tertiary/aromatic N) is 3. The lowest BCUT2D eigenvalue weighted by Crippen LogP contribution is -2.39. The number of amides is 1. The third-order valence-electron chi connectivity index (χ3n) is 5.34. The van der Waals surface area contributed by atoms with Crippen molar-refractivity contribution in [1.29, 1.82) is 0 Å². The molecule has 1 aromatic heterocycles. The molecular weight excluding hydrogens is 352 g/mol. The molecule has 0 saturated carbocycles. The van der Waals surface area contributed by atoms with Gasteiger partial charge >= 0.3 is 5.91 Å². The van der Waals surface area contributed by atoms with Crippen LogP contribution in [-0.2, 0) is 19.5 Å². The van der Waals surface area contributed by atoms with E-state index in [4.69, 9.17) is 4.42 Å². The molecule has 2 aliphatic rings. The molecule has 0 radical (unpaired) electrons. The molecule has 5 nitrogen and oxygen atoms in total. The van der Waals surface area contributed by atoms with Crippen LogP contribution < -0.4 is 0 Å². The van der Waals surface area contributed by atoms with E-state index in [1.54, 1.807) is 0 Å². The van der Waals surface area contributed by atoms with Crippen LogP contribution in [0.4, 0.5) is 8.78 Å². The van der Waals surface area contributed by atoms with E-state index in [9.17, 15) is 13.6 Å². The molecule has 0 aliphatic carbocycles. The van der Waals surface area contributed by atoms with Gasteiger partial charge in [-0.15, -0.1) is 0 Å². The fourth-order valence-electron chi connectivity index (χ4n) is 3.88. The summed E-state index contributed by atoms with van der Waals surface area (Å²) >= 11 is 0. The number of hydrogen-bond acceptors (Lipinski definition) is 4. The Hall–Kier alpha value is -2.28. The van der Waals surface area contributed by atoms with Crippen molar-refractivity contribution in [3.8, 4) is 0 Å². The number of oxazole rings is 1. The molecule has 7 heteroatoms. The van der Waals surface area contributed by atoms with Gasteiger partial charge in [0.2, 0.25) is 0 Å². The summed E-state index contributed by atoms with van der Waals surface area (Å²) in [6, 6.07) is 3.63. The lowest BCUT2D eigenvalue weighted by molar-refractivity contribution is 0.0640. The van der Waals surface area contributed by atoms with Gasteiger partial charge in [-0.2, -0.15) is 0 Å². The number of rotatable bonds is 3. The quantitative estimate of drug-likeness (QED) is 0.825. The van der Waals surface area contributed by atoms with Gasteiger partial charge in [0.25, 0.3) is 5.89 Å². The van der Waals surface area contributed by atoms with Gasteiger partial charge in [0.05, 0.1) is 5.69 Å². The maximum atomic E-state index is 13.9. The number of carbonyl (C=O) groups is 1. The average Bonchev–Trinajstić information content (AvgIpc) is 3.07. The number of piperidine rings is 1. The molecule has 3 heterocycles. The summed E-state index contributed by atoms with van der Waals surface area (Å²) in [6.07, 6.45) is 2.76. The van der Waals surface area contributed by atoms with Crippen LogP contribution in [-0.4, -0.2) is 40.3 Å². The van der Waals surface area contributed by atoms with Gasteiger partial charge in [-0.3, -0.25) is 9.69 Å². The zero-order valence-electron chi connectivity index (χ0n) is 15.4. The summed E-state index contributed by atoms with van der Waals surface area (Å²) in [4.78, 5) is 21.0. The second-order valence-electron chi connectivity index (χ2n) is 7.58. The first-order valence-electron chi connectivity index (χ1n) is 9.43. The van der Waals surface area contributed by atoms with Crippen LogP contribution in [0, 0.1) is 17.6 Å². The highest BCUT2D eigenvalue weighted by molar-refractivity contribution is 5.89. The molecule has 4 rings (SSSR count). The topological polar surface area (TPSA) is 49.6 Å². The van der Waals surface area contributed by atoms with Gasteiger partial charge in [-0.25, -0.2) is 13.8 Å². The number of benzene rings is 1. The predicted molar refractivity (Wildman–Crippen MR) is 95.0 cm³/mol. The van der Waals surface area contributed by atoms with Gasteiger partial charge in [-0.1, -0.05) is 13.0 Å². The minimum Gasteiger partial charge on any atom is -0.437 e. The predicted octanol–water partition coefficient (Wildman–Crippen LogP) is 3.38. The van der Waals surface area contributed by atoms with Crippen molar-refractivity contribution in [2.45, 2.75) is 39.3 Å².